The van der Waals surface area contributed by atoms with Gasteiger partial charge in [0.05, 0.1) is 19.4 Å². The largest absolute Gasteiger partial charge is 0.389 e. The smallest absolute Gasteiger partial charge is 0.247 e. The number of carbonyl (C=O) groups is 1. The van der Waals surface area contributed by atoms with E-state index >= 15 is 0 Å². The van der Waals surface area contributed by atoms with Gasteiger partial charge in [0.15, 0.2) is 0 Å². The fourth-order valence-electron chi connectivity index (χ4n) is 3.95. The van der Waals surface area contributed by atoms with Gasteiger partial charge in [-0.2, -0.15) is 0 Å². The van der Waals surface area contributed by atoms with E-state index in [-0.39, 0.29) is 5.91 Å². The minimum atomic E-state index is -0.469. The van der Waals surface area contributed by atoms with Crippen LogP contribution in [0.2, 0.25) is 0 Å². The summed E-state index contributed by atoms with van der Waals surface area (Å²) in [4.78, 5) is 17.1. The molecule has 6 heteroatoms. The predicted molar refractivity (Wildman–Crippen MR) is 102 cm³/mol. The number of ether oxygens (including phenoxy) is 1. The number of unbranched alkanes of at least 4 members (excludes halogenated alkanes) is 1. The lowest BCUT2D eigenvalue weighted by Crippen LogP contribution is -2.57. The van der Waals surface area contributed by atoms with Crippen LogP contribution in [0.5, 0.6) is 0 Å². The second kappa shape index (κ2) is 8.84. The molecule has 2 aliphatic rings. The number of para-hydroxylation sites is 1. The summed E-state index contributed by atoms with van der Waals surface area (Å²) in [5.74, 6) is 0.129. The molecule has 0 saturated carbocycles. The average Bonchev–Trinajstić information content (AvgIpc) is 2.98. The first kappa shape index (κ1) is 19.1. The normalized spacial score (nSPS) is 21.2. The first-order chi connectivity index (χ1) is 12.7. The van der Waals surface area contributed by atoms with Crippen LogP contribution in [0.3, 0.4) is 0 Å². The van der Waals surface area contributed by atoms with Crippen molar-refractivity contribution in [3.05, 3.63) is 30.3 Å². The molecule has 144 valence electrons. The highest BCUT2D eigenvalue weighted by Crippen LogP contribution is 2.36. The van der Waals surface area contributed by atoms with Crippen LogP contribution in [0.1, 0.15) is 32.6 Å². The molecule has 3 rings (SSSR count). The highest BCUT2D eigenvalue weighted by molar-refractivity contribution is 5.93. The van der Waals surface area contributed by atoms with Gasteiger partial charge in [0, 0.05) is 31.9 Å². The number of rotatable bonds is 8. The Morgan fingerprint density at radius 2 is 2.00 bits per heavy atom. The molecule has 0 bridgehead atoms. The van der Waals surface area contributed by atoms with Crippen molar-refractivity contribution in [2.75, 3.05) is 44.4 Å². The number of hydrogen-bond donors (Lipinski definition) is 2. The Morgan fingerprint density at radius 1 is 1.27 bits per heavy atom. The zero-order valence-electron chi connectivity index (χ0n) is 15.7. The summed E-state index contributed by atoms with van der Waals surface area (Å²) in [6, 6.07) is 10.1. The molecule has 2 aliphatic heterocycles. The molecule has 2 fully saturated rings. The molecule has 0 radical (unpaired) electrons. The summed E-state index contributed by atoms with van der Waals surface area (Å²) in [6.45, 7) is 6.01. The Balaban J connectivity index is 1.54. The lowest BCUT2D eigenvalue weighted by atomic mass is 9.85. The quantitative estimate of drug-likeness (QED) is 0.689. The van der Waals surface area contributed by atoms with Crippen molar-refractivity contribution >= 4 is 11.6 Å². The number of carbonyl (C=O) groups excluding carboxylic acids is 1. The minimum Gasteiger partial charge on any atom is -0.389 e. The third-order valence-corrected chi connectivity index (χ3v) is 5.51. The second-order valence-electron chi connectivity index (χ2n) is 7.34. The van der Waals surface area contributed by atoms with Gasteiger partial charge in [0.1, 0.15) is 5.54 Å². The van der Waals surface area contributed by atoms with Crippen LogP contribution in [-0.2, 0) is 9.53 Å². The number of hydrogen-bond acceptors (Lipinski definition) is 5. The van der Waals surface area contributed by atoms with Crippen LogP contribution < -0.4 is 10.2 Å². The number of aliphatic hydroxyl groups excluding tert-OH is 1. The number of likely N-dealkylation sites (tertiary alicyclic amines) is 1. The minimum absolute atomic E-state index is 0.129. The summed E-state index contributed by atoms with van der Waals surface area (Å²) in [7, 11) is 0. The summed E-state index contributed by atoms with van der Waals surface area (Å²) in [5, 5.41) is 13.2. The zero-order chi connectivity index (χ0) is 18.4. The number of amides is 1. The standard InChI is InChI=1S/C20H31N3O3/c1-2-3-13-26-15-18(24)14-22-11-9-20(10-12-22)19(25)21-16-23(20)17-7-5-4-6-8-17/h4-8,18,24H,2-3,9-16H2,1H3,(H,21,25). The first-order valence-corrected chi connectivity index (χ1v) is 9.75. The number of benzene rings is 1. The molecular formula is C20H31N3O3. The maximum absolute atomic E-state index is 12.6. The number of aliphatic hydroxyl groups is 1. The molecule has 6 nitrogen and oxygen atoms in total. The van der Waals surface area contributed by atoms with E-state index in [4.69, 9.17) is 4.74 Å². The van der Waals surface area contributed by atoms with Crippen molar-refractivity contribution in [3.8, 4) is 0 Å². The Bertz CT molecular complexity index is 573. The third kappa shape index (κ3) is 4.19. The van der Waals surface area contributed by atoms with E-state index < -0.39 is 11.6 Å². The van der Waals surface area contributed by atoms with Crippen LogP contribution in [0.25, 0.3) is 0 Å². The average molecular weight is 361 g/mol. The van der Waals surface area contributed by atoms with E-state index in [2.05, 4.69) is 34.2 Å². The third-order valence-electron chi connectivity index (χ3n) is 5.51. The molecule has 1 unspecified atom stereocenters. The van der Waals surface area contributed by atoms with Crippen molar-refractivity contribution in [2.45, 2.75) is 44.2 Å². The van der Waals surface area contributed by atoms with E-state index in [9.17, 15) is 9.90 Å². The monoisotopic (exact) mass is 361 g/mol. The van der Waals surface area contributed by atoms with Crippen molar-refractivity contribution < 1.29 is 14.6 Å². The van der Waals surface area contributed by atoms with Crippen molar-refractivity contribution in [2.24, 2.45) is 0 Å². The van der Waals surface area contributed by atoms with Gasteiger partial charge >= 0.3 is 0 Å². The summed E-state index contributed by atoms with van der Waals surface area (Å²) < 4.78 is 5.51. The van der Waals surface area contributed by atoms with E-state index in [1.54, 1.807) is 0 Å². The Labute approximate surface area is 156 Å². The Morgan fingerprint density at radius 3 is 2.69 bits per heavy atom. The van der Waals surface area contributed by atoms with Gasteiger partial charge in [-0.1, -0.05) is 31.5 Å². The van der Waals surface area contributed by atoms with Gasteiger partial charge in [-0.05, 0) is 31.4 Å². The molecule has 26 heavy (non-hydrogen) atoms. The fraction of sp³-hybridized carbons (Fsp3) is 0.650. The van der Waals surface area contributed by atoms with E-state index in [1.807, 2.05) is 18.2 Å². The molecule has 2 saturated heterocycles. The maximum atomic E-state index is 12.6. The van der Waals surface area contributed by atoms with Crippen LogP contribution in [0, 0.1) is 0 Å². The lowest BCUT2D eigenvalue weighted by molar-refractivity contribution is -0.125. The van der Waals surface area contributed by atoms with Crippen molar-refractivity contribution in [1.29, 1.82) is 0 Å². The van der Waals surface area contributed by atoms with Crippen molar-refractivity contribution in [3.63, 3.8) is 0 Å². The van der Waals surface area contributed by atoms with Gasteiger partial charge in [-0.3, -0.25) is 4.79 Å². The van der Waals surface area contributed by atoms with Gasteiger partial charge in [-0.15, -0.1) is 0 Å². The number of nitrogens with zero attached hydrogens (tertiary/aromatic N) is 2. The molecule has 1 aromatic carbocycles. The SMILES string of the molecule is CCCCOCC(O)CN1CCC2(CC1)C(=O)NCN2c1ccccc1. The first-order valence-electron chi connectivity index (χ1n) is 9.75. The van der Waals surface area contributed by atoms with Crippen LogP contribution in [-0.4, -0.2) is 67.1 Å². The van der Waals surface area contributed by atoms with Gasteiger partial charge < -0.3 is 25.0 Å². The number of nitrogens with one attached hydrogen (secondary N) is 1. The Kier molecular flexibility index (Phi) is 6.51. The lowest BCUT2D eigenvalue weighted by Gasteiger charge is -2.43. The predicted octanol–water partition coefficient (Wildman–Crippen LogP) is 1.59. The highest BCUT2D eigenvalue weighted by Gasteiger charge is 2.50. The molecule has 1 aromatic rings. The molecular weight excluding hydrogens is 330 g/mol. The summed E-state index contributed by atoms with van der Waals surface area (Å²) in [6.07, 6.45) is 3.21. The zero-order valence-corrected chi connectivity index (χ0v) is 15.7. The topological polar surface area (TPSA) is 65.0 Å². The number of piperidine rings is 1. The molecule has 2 N–H and O–H groups in total. The van der Waals surface area contributed by atoms with Crippen molar-refractivity contribution in [1.82, 2.24) is 10.2 Å². The number of anilines is 1. The highest BCUT2D eigenvalue weighted by atomic mass is 16.5. The van der Waals surface area contributed by atoms with Crippen LogP contribution in [0.4, 0.5) is 5.69 Å². The van der Waals surface area contributed by atoms with Gasteiger partial charge in [0.2, 0.25) is 5.91 Å². The summed E-state index contributed by atoms with van der Waals surface area (Å²) in [5.41, 5.74) is 0.629. The molecule has 1 spiro atoms. The van der Waals surface area contributed by atoms with Crippen LogP contribution >= 0.6 is 0 Å². The maximum Gasteiger partial charge on any atom is 0.247 e. The molecule has 1 atom stereocenters. The molecule has 1 amide bonds. The van der Waals surface area contributed by atoms with E-state index in [0.29, 0.717) is 26.4 Å². The van der Waals surface area contributed by atoms with E-state index in [0.717, 1.165) is 44.5 Å². The number of β-amino-alcohol motifs (C(OH)–C–C–N with tert-alkyl or cyclic N) is 1. The molecule has 0 aliphatic carbocycles. The summed E-state index contributed by atoms with van der Waals surface area (Å²) >= 11 is 0. The molecule has 0 aromatic heterocycles. The molecule has 2 heterocycles. The van der Waals surface area contributed by atoms with E-state index in [1.165, 1.54) is 0 Å². The fourth-order valence-corrected chi connectivity index (χ4v) is 3.95. The second-order valence-corrected chi connectivity index (χ2v) is 7.34. The van der Waals surface area contributed by atoms with Crippen LogP contribution in [0.15, 0.2) is 30.3 Å². The Hall–Kier alpha value is -1.63. The van der Waals surface area contributed by atoms with Gasteiger partial charge in [-0.25, -0.2) is 0 Å². The van der Waals surface area contributed by atoms with Gasteiger partial charge in [0.25, 0.3) is 0 Å².